The number of nitrogens with one attached hydrogen (secondary N) is 3. The summed E-state index contributed by atoms with van der Waals surface area (Å²) in [6, 6.07) is 4.84. The fourth-order valence-corrected chi connectivity index (χ4v) is 3.45. The van der Waals surface area contributed by atoms with Gasteiger partial charge in [-0.05, 0) is 36.1 Å². The molecule has 156 valence electrons. The lowest BCUT2D eigenvalue weighted by Crippen LogP contribution is -2.44. The van der Waals surface area contributed by atoms with Crippen molar-refractivity contribution in [2.75, 3.05) is 53.0 Å². The molecule has 1 aliphatic rings. The van der Waals surface area contributed by atoms with Gasteiger partial charge in [0.15, 0.2) is 5.96 Å². The number of halogens is 2. The van der Waals surface area contributed by atoms with E-state index in [1.807, 2.05) is 6.20 Å². The molecule has 3 N–H and O–H groups in total. The quantitative estimate of drug-likeness (QED) is 0.309. The van der Waals surface area contributed by atoms with Crippen LogP contribution in [0.5, 0.6) is 0 Å². The van der Waals surface area contributed by atoms with E-state index in [1.54, 1.807) is 19.2 Å². The average molecular weight is 503 g/mol. The Bertz CT molecular complexity index is 760. The van der Waals surface area contributed by atoms with Crippen LogP contribution >= 0.6 is 24.0 Å². The lowest BCUT2D eigenvalue weighted by Gasteiger charge is -2.29. The lowest BCUT2D eigenvalue weighted by molar-refractivity contribution is 0.0320. The molecule has 1 fully saturated rings. The van der Waals surface area contributed by atoms with Gasteiger partial charge in [-0.2, -0.15) is 0 Å². The second kappa shape index (κ2) is 11.6. The van der Waals surface area contributed by atoms with Crippen LogP contribution in [-0.4, -0.2) is 68.8 Å². The number of hydrogen-bond donors (Lipinski definition) is 3. The number of benzene rings is 1. The second-order valence-electron chi connectivity index (χ2n) is 7.15. The molecule has 1 aliphatic heterocycles. The minimum absolute atomic E-state index is 0. The van der Waals surface area contributed by atoms with Crippen LogP contribution in [0, 0.1) is 11.7 Å². The normalized spacial score (nSPS) is 16.6. The van der Waals surface area contributed by atoms with Crippen molar-refractivity contribution in [2.24, 2.45) is 10.9 Å². The summed E-state index contributed by atoms with van der Waals surface area (Å²) in [6.07, 6.45) is 2.75. The van der Waals surface area contributed by atoms with Crippen molar-refractivity contribution in [2.45, 2.75) is 13.3 Å². The van der Waals surface area contributed by atoms with Gasteiger partial charge in [0.05, 0.1) is 13.2 Å². The molecule has 0 spiro atoms. The third-order valence-electron chi connectivity index (χ3n) is 4.93. The Kier molecular flexibility index (Phi) is 9.46. The van der Waals surface area contributed by atoms with Crippen molar-refractivity contribution in [3.05, 3.63) is 35.8 Å². The summed E-state index contributed by atoms with van der Waals surface area (Å²) in [7, 11) is 1.78. The van der Waals surface area contributed by atoms with Gasteiger partial charge in [0, 0.05) is 56.9 Å². The number of aliphatic imine (C=N–C) groups is 1. The molecule has 8 heteroatoms. The Labute approximate surface area is 183 Å². The molecule has 2 heterocycles. The largest absolute Gasteiger partial charge is 0.379 e. The van der Waals surface area contributed by atoms with Crippen LogP contribution in [-0.2, 0) is 11.2 Å². The number of H-pyrrole nitrogens is 1. The number of guanidine groups is 1. The molecular weight excluding hydrogens is 472 g/mol. The van der Waals surface area contributed by atoms with E-state index in [2.05, 4.69) is 32.4 Å². The fourth-order valence-electron chi connectivity index (χ4n) is 3.45. The summed E-state index contributed by atoms with van der Waals surface area (Å²) in [5.41, 5.74) is 2.07. The summed E-state index contributed by atoms with van der Waals surface area (Å²) in [5, 5.41) is 7.69. The van der Waals surface area contributed by atoms with Crippen molar-refractivity contribution in [1.29, 1.82) is 0 Å². The first-order chi connectivity index (χ1) is 13.2. The molecule has 1 saturated heterocycles. The number of aromatic nitrogens is 1. The van der Waals surface area contributed by atoms with E-state index in [1.165, 1.54) is 6.07 Å². The highest BCUT2D eigenvalue weighted by atomic mass is 127. The van der Waals surface area contributed by atoms with E-state index in [-0.39, 0.29) is 29.8 Å². The number of aromatic amines is 1. The van der Waals surface area contributed by atoms with E-state index >= 15 is 0 Å². The van der Waals surface area contributed by atoms with Crippen LogP contribution in [0.2, 0.25) is 0 Å². The van der Waals surface area contributed by atoms with Gasteiger partial charge in [-0.25, -0.2) is 4.39 Å². The molecule has 0 bridgehead atoms. The topological polar surface area (TPSA) is 64.7 Å². The average Bonchev–Trinajstić information content (AvgIpc) is 3.07. The summed E-state index contributed by atoms with van der Waals surface area (Å²) >= 11 is 0. The van der Waals surface area contributed by atoms with E-state index in [9.17, 15) is 4.39 Å². The van der Waals surface area contributed by atoms with Crippen LogP contribution in [0.25, 0.3) is 10.9 Å². The van der Waals surface area contributed by atoms with E-state index < -0.39 is 0 Å². The van der Waals surface area contributed by atoms with Gasteiger partial charge >= 0.3 is 0 Å². The molecule has 28 heavy (non-hydrogen) atoms. The predicted molar refractivity (Wildman–Crippen MR) is 123 cm³/mol. The van der Waals surface area contributed by atoms with Crippen LogP contribution in [0.3, 0.4) is 0 Å². The first kappa shape index (κ1) is 22.9. The van der Waals surface area contributed by atoms with Gasteiger partial charge in [0.25, 0.3) is 0 Å². The minimum Gasteiger partial charge on any atom is -0.379 e. The van der Waals surface area contributed by atoms with Gasteiger partial charge in [-0.1, -0.05) is 6.92 Å². The molecule has 0 radical (unpaired) electrons. The second-order valence-corrected chi connectivity index (χ2v) is 7.15. The number of nitrogens with zero attached hydrogens (tertiary/aromatic N) is 2. The summed E-state index contributed by atoms with van der Waals surface area (Å²) in [5.74, 6) is 1.12. The van der Waals surface area contributed by atoms with Crippen molar-refractivity contribution < 1.29 is 9.13 Å². The maximum Gasteiger partial charge on any atom is 0.190 e. The van der Waals surface area contributed by atoms with Gasteiger partial charge < -0.3 is 20.4 Å². The van der Waals surface area contributed by atoms with Crippen molar-refractivity contribution in [1.82, 2.24) is 20.5 Å². The zero-order valence-corrected chi connectivity index (χ0v) is 19.0. The Morgan fingerprint density at radius 3 is 2.86 bits per heavy atom. The SMILES string of the molecule is CN=C(NCCc1c[nH]c2ccc(F)cc12)NCC(C)CN1CCOCC1.I. The molecular formula is C20H31FIN5O. The zero-order chi connectivity index (χ0) is 19.1. The maximum absolute atomic E-state index is 13.5. The van der Waals surface area contributed by atoms with Crippen molar-refractivity contribution >= 4 is 40.8 Å². The molecule has 1 atom stereocenters. The molecule has 0 aliphatic carbocycles. The number of morpholine rings is 1. The van der Waals surface area contributed by atoms with Crippen LogP contribution in [0.1, 0.15) is 12.5 Å². The highest BCUT2D eigenvalue weighted by molar-refractivity contribution is 14.0. The lowest BCUT2D eigenvalue weighted by atomic mass is 10.1. The molecule has 0 amide bonds. The molecule has 3 rings (SSSR count). The first-order valence-corrected chi connectivity index (χ1v) is 9.66. The summed E-state index contributed by atoms with van der Waals surface area (Å²) in [6.45, 7) is 8.62. The Hall–Kier alpha value is -1.39. The van der Waals surface area contributed by atoms with E-state index in [0.717, 1.165) is 74.8 Å². The fraction of sp³-hybridized carbons (Fsp3) is 0.550. The van der Waals surface area contributed by atoms with Crippen LogP contribution < -0.4 is 10.6 Å². The van der Waals surface area contributed by atoms with Crippen LogP contribution in [0.4, 0.5) is 4.39 Å². The summed E-state index contributed by atoms with van der Waals surface area (Å²) in [4.78, 5) is 9.93. The third kappa shape index (κ3) is 6.59. The minimum atomic E-state index is -0.206. The van der Waals surface area contributed by atoms with Crippen LogP contribution in [0.15, 0.2) is 29.4 Å². The van der Waals surface area contributed by atoms with E-state index in [4.69, 9.17) is 4.74 Å². The highest BCUT2D eigenvalue weighted by Gasteiger charge is 2.14. The Balaban J connectivity index is 0.00000280. The number of hydrogen-bond acceptors (Lipinski definition) is 3. The molecule has 0 saturated carbocycles. The van der Waals surface area contributed by atoms with Gasteiger partial charge in [-0.3, -0.25) is 9.89 Å². The maximum atomic E-state index is 13.5. The first-order valence-electron chi connectivity index (χ1n) is 9.66. The smallest absolute Gasteiger partial charge is 0.190 e. The molecule has 1 aromatic carbocycles. The predicted octanol–water partition coefficient (Wildman–Crippen LogP) is 2.60. The molecule has 2 aromatic rings. The standard InChI is InChI=1S/C20H30FN5O.HI/c1-15(14-26-7-9-27-10-8-26)12-25-20(22-2)23-6-5-16-13-24-19-4-3-17(21)11-18(16)19;/h3-4,11,13,15,24H,5-10,12,14H2,1-2H3,(H2,22,23,25);1H. The molecule has 1 unspecified atom stereocenters. The van der Waals surface area contributed by atoms with Gasteiger partial charge in [0.1, 0.15) is 5.82 Å². The third-order valence-corrected chi connectivity index (χ3v) is 4.93. The Morgan fingerprint density at radius 2 is 2.11 bits per heavy atom. The van der Waals surface area contributed by atoms with Crippen molar-refractivity contribution in [3.63, 3.8) is 0 Å². The number of fused-ring (bicyclic) bond motifs is 1. The van der Waals surface area contributed by atoms with Gasteiger partial charge in [0.2, 0.25) is 0 Å². The number of ether oxygens (including phenoxy) is 1. The molecule has 1 aromatic heterocycles. The van der Waals surface area contributed by atoms with Crippen molar-refractivity contribution in [3.8, 4) is 0 Å². The zero-order valence-electron chi connectivity index (χ0n) is 16.6. The Morgan fingerprint density at radius 1 is 1.32 bits per heavy atom. The van der Waals surface area contributed by atoms with Gasteiger partial charge in [-0.15, -0.1) is 24.0 Å². The monoisotopic (exact) mass is 503 g/mol. The number of rotatable bonds is 7. The highest BCUT2D eigenvalue weighted by Crippen LogP contribution is 2.19. The molecule has 6 nitrogen and oxygen atoms in total. The summed E-state index contributed by atoms with van der Waals surface area (Å²) < 4.78 is 18.9. The van der Waals surface area contributed by atoms with E-state index in [0.29, 0.717) is 5.92 Å².